The molecule has 0 aliphatic rings. The molecule has 0 spiro atoms. The second kappa shape index (κ2) is 14.8. The van der Waals surface area contributed by atoms with Crippen molar-refractivity contribution in [3.63, 3.8) is 0 Å². The van der Waals surface area contributed by atoms with Crippen LogP contribution < -0.4 is 0 Å². The Kier molecular flexibility index (Phi) is 14.4. The Balaban J connectivity index is 3.17. The van der Waals surface area contributed by atoms with Crippen LogP contribution in [0.4, 0.5) is 0 Å². The molecule has 0 amide bonds. The van der Waals surface area contributed by atoms with E-state index < -0.39 is 6.10 Å². The molecule has 0 aromatic carbocycles. The first-order valence-corrected chi connectivity index (χ1v) is 8.46. The van der Waals surface area contributed by atoms with E-state index in [1.54, 1.807) is 6.07 Å². The van der Waals surface area contributed by atoms with Crippen LogP contribution in [0.5, 0.6) is 0 Å². The molecule has 2 N–H and O–H groups in total. The van der Waals surface area contributed by atoms with Crippen LogP contribution in [0.3, 0.4) is 0 Å². The average molecular weight is 283 g/mol. The molecule has 20 heavy (non-hydrogen) atoms. The van der Waals surface area contributed by atoms with Crippen LogP contribution in [-0.4, -0.2) is 22.4 Å². The molecule has 0 aliphatic carbocycles. The monoisotopic (exact) mass is 283 g/mol. The van der Waals surface area contributed by atoms with Gasteiger partial charge in [0.2, 0.25) is 0 Å². The van der Waals surface area contributed by atoms with Crippen LogP contribution in [0.25, 0.3) is 0 Å². The molecule has 0 aromatic rings. The van der Waals surface area contributed by atoms with Gasteiger partial charge in [-0.1, -0.05) is 71.1 Å². The van der Waals surface area contributed by atoms with Crippen molar-refractivity contribution in [1.82, 2.24) is 0 Å². The van der Waals surface area contributed by atoms with Gasteiger partial charge in [0.25, 0.3) is 0 Å². The lowest BCUT2D eigenvalue weighted by Crippen LogP contribution is -2.11. The van der Waals surface area contributed by atoms with E-state index in [0.29, 0.717) is 12.8 Å². The maximum Gasteiger partial charge on any atom is 0.140 e. The molecule has 0 aromatic heterocycles. The highest BCUT2D eigenvalue weighted by Crippen LogP contribution is 2.13. The Morgan fingerprint density at radius 2 is 1.25 bits per heavy atom. The lowest BCUT2D eigenvalue weighted by atomic mass is 10.0. The fraction of sp³-hybridized carbons (Fsp3) is 0.941. The first-order chi connectivity index (χ1) is 9.70. The summed E-state index contributed by atoms with van der Waals surface area (Å²) in [7, 11) is 0. The van der Waals surface area contributed by atoms with Gasteiger partial charge in [0.1, 0.15) is 6.10 Å². The number of unbranched alkanes of at least 4 members (excludes halogenated alkanes) is 9. The van der Waals surface area contributed by atoms with Crippen molar-refractivity contribution in [2.75, 3.05) is 0 Å². The van der Waals surface area contributed by atoms with E-state index in [4.69, 9.17) is 10.4 Å². The highest BCUT2D eigenvalue weighted by molar-refractivity contribution is 4.82. The molecule has 0 heterocycles. The van der Waals surface area contributed by atoms with Gasteiger partial charge < -0.3 is 10.2 Å². The summed E-state index contributed by atoms with van der Waals surface area (Å²) in [6.07, 6.45) is 13.4. The molecule has 0 fully saturated rings. The van der Waals surface area contributed by atoms with Crippen molar-refractivity contribution in [1.29, 1.82) is 5.26 Å². The van der Waals surface area contributed by atoms with Gasteiger partial charge in [0.05, 0.1) is 12.2 Å². The summed E-state index contributed by atoms with van der Waals surface area (Å²) in [5.74, 6) is 0. The maximum absolute atomic E-state index is 9.70. The normalized spacial score (nSPS) is 13.9. The van der Waals surface area contributed by atoms with Crippen molar-refractivity contribution < 1.29 is 10.2 Å². The van der Waals surface area contributed by atoms with E-state index in [-0.39, 0.29) is 6.10 Å². The molecular formula is C17H33NO2. The third kappa shape index (κ3) is 13.8. The Bertz CT molecular complexity index is 238. The summed E-state index contributed by atoms with van der Waals surface area (Å²) in [6.45, 7) is 2.25. The molecule has 118 valence electrons. The van der Waals surface area contributed by atoms with Gasteiger partial charge in [-0.15, -0.1) is 0 Å². The Morgan fingerprint density at radius 1 is 0.750 bits per heavy atom. The van der Waals surface area contributed by atoms with E-state index in [9.17, 15) is 5.11 Å². The summed E-state index contributed by atoms with van der Waals surface area (Å²) >= 11 is 0. The van der Waals surface area contributed by atoms with Crippen molar-refractivity contribution in [2.45, 2.75) is 103 Å². The van der Waals surface area contributed by atoms with Crippen LogP contribution in [0.2, 0.25) is 0 Å². The number of hydrogen-bond acceptors (Lipinski definition) is 3. The zero-order valence-corrected chi connectivity index (χ0v) is 13.2. The summed E-state index contributed by atoms with van der Waals surface area (Å²) < 4.78 is 0. The summed E-state index contributed by atoms with van der Waals surface area (Å²) in [5, 5.41) is 27.2. The Labute approximate surface area is 125 Å². The largest absolute Gasteiger partial charge is 0.393 e. The van der Waals surface area contributed by atoms with Gasteiger partial charge in [-0.3, -0.25) is 0 Å². The summed E-state index contributed by atoms with van der Waals surface area (Å²) in [5.41, 5.74) is 0. The average Bonchev–Trinajstić information content (AvgIpc) is 2.46. The minimum atomic E-state index is -0.919. The quantitative estimate of drug-likeness (QED) is 0.368. The number of rotatable bonds is 14. The lowest BCUT2D eigenvalue weighted by Gasteiger charge is -2.10. The lowest BCUT2D eigenvalue weighted by molar-refractivity contribution is 0.125. The van der Waals surface area contributed by atoms with Crippen LogP contribution in [-0.2, 0) is 0 Å². The maximum atomic E-state index is 9.70. The Hall–Kier alpha value is -0.590. The van der Waals surface area contributed by atoms with Crippen molar-refractivity contribution in [2.24, 2.45) is 0 Å². The van der Waals surface area contributed by atoms with Crippen LogP contribution >= 0.6 is 0 Å². The van der Waals surface area contributed by atoms with E-state index in [1.807, 2.05) is 0 Å². The van der Waals surface area contributed by atoms with Gasteiger partial charge in [-0.2, -0.15) is 5.26 Å². The third-order valence-corrected chi connectivity index (χ3v) is 3.81. The number of hydrogen-bond donors (Lipinski definition) is 2. The number of nitrogens with zero attached hydrogens (tertiary/aromatic N) is 1. The number of aliphatic hydroxyl groups excluding tert-OH is 2. The fourth-order valence-corrected chi connectivity index (χ4v) is 2.43. The predicted octanol–water partition coefficient (Wildman–Crippen LogP) is 4.32. The van der Waals surface area contributed by atoms with Gasteiger partial charge >= 0.3 is 0 Å². The highest BCUT2D eigenvalue weighted by atomic mass is 16.3. The molecule has 0 radical (unpaired) electrons. The molecule has 3 heteroatoms. The zero-order chi connectivity index (χ0) is 15.1. The molecular weight excluding hydrogens is 250 g/mol. The molecule has 2 unspecified atom stereocenters. The predicted molar refractivity (Wildman–Crippen MR) is 83.3 cm³/mol. The second-order valence-corrected chi connectivity index (χ2v) is 5.85. The summed E-state index contributed by atoms with van der Waals surface area (Å²) in [4.78, 5) is 0. The molecule has 2 atom stereocenters. The van der Waals surface area contributed by atoms with E-state index in [1.165, 1.54) is 57.8 Å². The van der Waals surface area contributed by atoms with Crippen LogP contribution in [0, 0.1) is 11.3 Å². The van der Waals surface area contributed by atoms with Crippen molar-refractivity contribution in [3.8, 4) is 6.07 Å². The third-order valence-electron chi connectivity index (χ3n) is 3.81. The number of aliphatic hydroxyl groups is 2. The first kappa shape index (κ1) is 19.4. The van der Waals surface area contributed by atoms with Gasteiger partial charge in [-0.05, 0) is 19.3 Å². The molecule has 0 bridgehead atoms. The summed E-state index contributed by atoms with van der Waals surface area (Å²) in [6, 6.07) is 1.77. The molecule has 0 rings (SSSR count). The van der Waals surface area contributed by atoms with Crippen LogP contribution in [0.1, 0.15) is 90.4 Å². The fourth-order valence-electron chi connectivity index (χ4n) is 2.43. The molecule has 0 saturated carbocycles. The topological polar surface area (TPSA) is 64.2 Å². The smallest absolute Gasteiger partial charge is 0.140 e. The highest BCUT2D eigenvalue weighted by Gasteiger charge is 2.07. The van der Waals surface area contributed by atoms with E-state index >= 15 is 0 Å². The second-order valence-electron chi connectivity index (χ2n) is 5.85. The standard InChI is InChI=1S/C17H33NO2/c1-2-3-4-5-6-7-8-9-10-11-12-16(19)13-14-17(20)15-18/h16-17,19-20H,2-14H2,1H3. The molecule has 3 nitrogen and oxygen atoms in total. The van der Waals surface area contributed by atoms with Gasteiger partial charge in [-0.25, -0.2) is 0 Å². The van der Waals surface area contributed by atoms with E-state index in [2.05, 4.69) is 6.92 Å². The number of nitriles is 1. The first-order valence-electron chi connectivity index (χ1n) is 8.46. The van der Waals surface area contributed by atoms with Gasteiger partial charge in [0.15, 0.2) is 0 Å². The van der Waals surface area contributed by atoms with Crippen molar-refractivity contribution in [3.05, 3.63) is 0 Å². The van der Waals surface area contributed by atoms with Crippen LogP contribution in [0.15, 0.2) is 0 Å². The van der Waals surface area contributed by atoms with E-state index in [0.717, 1.165) is 12.8 Å². The SMILES string of the molecule is CCCCCCCCCCCCC(O)CCC(O)C#N. The Morgan fingerprint density at radius 3 is 1.75 bits per heavy atom. The van der Waals surface area contributed by atoms with Crippen molar-refractivity contribution >= 4 is 0 Å². The molecule has 0 aliphatic heterocycles. The molecule has 0 saturated heterocycles. The zero-order valence-electron chi connectivity index (χ0n) is 13.2. The van der Waals surface area contributed by atoms with Gasteiger partial charge in [0, 0.05) is 0 Å². The minimum absolute atomic E-state index is 0.355. The minimum Gasteiger partial charge on any atom is -0.393 e.